The van der Waals surface area contributed by atoms with Crippen molar-refractivity contribution < 1.29 is 31.2 Å². The molecular weight excluding hydrogens is 180 g/mol. The molecule has 1 heterocycles. The molecule has 0 aromatic carbocycles. The Morgan fingerprint density at radius 1 is 1.27 bits per heavy atom. The van der Waals surface area contributed by atoms with Crippen molar-refractivity contribution in [3.8, 4) is 0 Å². The van der Waals surface area contributed by atoms with Gasteiger partial charge in [-0.05, 0) is 5.06 Å². The van der Waals surface area contributed by atoms with Crippen LogP contribution in [0.25, 0.3) is 0 Å². The fourth-order valence-electron chi connectivity index (χ4n) is 0.498. The van der Waals surface area contributed by atoms with E-state index in [9.17, 15) is 26.3 Å². The molecule has 1 rings (SSSR count). The van der Waals surface area contributed by atoms with Crippen molar-refractivity contribution in [2.24, 2.45) is 0 Å². The molecule has 1 saturated heterocycles. The SMILES string of the molecule is F[C@@H]1ON(C(F)(F)F)C1(F)F. The molecule has 0 bridgehead atoms. The smallest absolute Gasteiger partial charge is 0.240 e. The van der Waals surface area contributed by atoms with Crippen LogP contribution in [0, 0.1) is 0 Å². The normalized spacial score (nSPS) is 31.6. The van der Waals surface area contributed by atoms with E-state index < -0.39 is 23.8 Å². The van der Waals surface area contributed by atoms with E-state index in [1.165, 1.54) is 0 Å². The molecule has 0 aromatic rings. The molecule has 0 radical (unpaired) electrons. The van der Waals surface area contributed by atoms with Gasteiger partial charge in [0.15, 0.2) is 0 Å². The van der Waals surface area contributed by atoms with Gasteiger partial charge in [0.25, 0.3) is 6.36 Å². The summed E-state index contributed by atoms with van der Waals surface area (Å²) in [6.07, 6.45) is -8.57. The van der Waals surface area contributed by atoms with Crippen LogP contribution >= 0.6 is 0 Å². The molecule has 11 heavy (non-hydrogen) atoms. The molecule has 66 valence electrons. The lowest BCUT2D eigenvalue weighted by atomic mass is 10.5. The third-order valence-electron chi connectivity index (χ3n) is 0.972. The van der Waals surface area contributed by atoms with Gasteiger partial charge in [-0.15, -0.1) is 0 Å². The summed E-state index contributed by atoms with van der Waals surface area (Å²) in [6, 6.07) is -4.60. The van der Waals surface area contributed by atoms with E-state index in [4.69, 9.17) is 0 Å². The zero-order chi connectivity index (χ0) is 8.86. The molecule has 0 saturated carbocycles. The molecule has 1 aliphatic heterocycles. The summed E-state index contributed by atoms with van der Waals surface area (Å²) in [5.41, 5.74) is 0. The monoisotopic (exact) mass is 181 g/mol. The minimum Gasteiger partial charge on any atom is -0.240 e. The van der Waals surface area contributed by atoms with Crippen molar-refractivity contribution in [3.05, 3.63) is 0 Å². The van der Waals surface area contributed by atoms with E-state index in [1.807, 2.05) is 0 Å². The minimum absolute atomic E-state index is 1.63. The second-order valence-electron chi connectivity index (χ2n) is 1.77. The van der Waals surface area contributed by atoms with E-state index >= 15 is 0 Å². The first kappa shape index (κ1) is 8.60. The number of hydroxylamine groups is 2. The molecule has 1 fully saturated rings. The van der Waals surface area contributed by atoms with Gasteiger partial charge < -0.3 is 0 Å². The van der Waals surface area contributed by atoms with E-state index in [0.717, 1.165) is 0 Å². The first-order valence-electron chi connectivity index (χ1n) is 2.32. The van der Waals surface area contributed by atoms with Gasteiger partial charge in [-0.25, -0.2) is 9.23 Å². The molecule has 1 atom stereocenters. The highest BCUT2D eigenvalue weighted by atomic mass is 19.4. The van der Waals surface area contributed by atoms with Crippen molar-refractivity contribution in [1.29, 1.82) is 0 Å². The van der Waals surface area contributed by atoms with Gasteiger partial charge in [0.05, 0.1) is 0 Å². The Hall–Kier alpha value is -0.500. The molecule has 1 aliphatic rings. The Morgan fingerprint density at radius 2 is 1.73 bits per heavy atom. The Kier molecular flexibility index (Phi) is 1.57. The molecule has 2 nitrogen and oxygen atoms in total. The topological polar surface area (TPSA) is 12.5 Å². The molecule has 0 amide bonds. The Morgan fingerprint density at radius 3 is 1.82 bits per heavy atom. The van der Waals surface area contributed by atoms with Crippen molar-refractivity contribution >= 4 is 0 Å². The zero-order valence-corrected chi connectivity index (χ0v) is 4.70. The van der Waals surface area contributed by atoms with Gasteiger partial charge in [-0.1, -0.05) is 0 Å². The molecule has 0 aliphatic carbocycles. The third-order valence-corrected chi connectivity index (χ3v) is 0.972. The van der Waals surface area contributed by atoms with Crippen LogP contribution in [0.1, 0.15) is 0 Å². The van der Waals surface area contributed by atoms with Gasteiger partial charge in [0.2, 0.25) is 0 Å². The predicted molar refractivity (Wildman–Crippen MR) is 18.8 cm³/mol. The average molecular weight is 181 g/mol. The van der Waals surface area contributed by atoms with Gasteiger partial charge >= 0.3 is 12.3 Å². The molecule has 0 unspecified atom stereocenters. The summed E-state index contributed by atoms with van der Waals surface area (Å²) in [5, 5.41) is -1.63. The van der Waals surface area contributed by atoms with Crippen molar-refractivity contribution in [2.75, 3.05) is 0 Å². The van der Waals surface area contributed by atoms with Gasteiger partial charge in [0, 0.05) is 0 Å². The van der Waals surface area contributed by atoms with Crippen molar-refractivity contribution in [1.82, 2.24) is 5.06 Å². The molecule has 0 N–H and O–H groups in total. The molecular formula is C3HF6NO. The number of nitrogens with zero attached hydrogens (tertiary/aromatic N) is 1. The van der Waals surface area contributed by atoms with Gasteiger partial charge in [0.1, 0.15) is 0 Å². The number of hydrogen-bond acceptors (Lipinski definition) is 2. The zero-order valence-electron chi connectivity index (χ0n) is 4.70. The lowest BCUT2D eigenvalue weighted by Gasteiger charge is -2.41. The van der Waals surface area contributed by atoms with Crippen LogP contribution in [0.15, 0.2) is 0 Å². The van der Waals surface area contributed by atoms with Crippen molar-refractivity contribution in [3.63, 3.8) is 0 Å². The van der Waals surface area contributed by atoms with Crippen LogP contribution in [0.2, 0.25) is 0 Å². The van der Waals surface area contributed by atoms with Gasteiger partial charge in [-0.3, -0.25) is 0 Å². The first-order chi connectivity index (χ1) is 4.76. The summed E-state index contributed by atoms with van der Waals surface area (Å²) in [5.74, 6) is 0. The maximum absolute atomic E-state index is 11.8. The fraction of sp³-hybridized carbons (Fsp3) is 1.00. The maximum Gasteiger partial charge on any atom is 0.488 e. The lowest BCUT2D eigenvalue weighted by molar-refractivity contribution is -0.578. The predicted octanol–water partition coefficient (Wildman–Crippen LogP) is 1.64. The number of rotatable bonds is 0. The van der Waals surface area contributed by atoms with Crippen LogP contribution in [0.4, 0.5) is 26.3 Å². The van der Waals surface area contributed by atoms with Crippen LogP contribution in [-0.2, 0) is 4.84 Å². The number of alkyl halides is 6. The second-order valence-corrected chi connectivity index (χ2v) is 1.77. The van der Waals surface area contributed by atoms with E-state index in [0.29, 0.717) is 0 Å². The van der Waals surface area contributed by atoms with Gasteiger partial charge in [-0.2, -0.15) is 22.0 Å². The van der Waals surface area contributed by atoms with Crippen LogP contribution in [0.3, 0.4) is 0 Å². The maximum atomic E-state index is 11.8. The minimum atomic E-state index is -5.37. The Labute approximate surface area is 56.3 Å². The first-order valence-corrected chi connectivity index (χ1v) is 2.32. The number of hydrogen-bond donors (Lipinski definition) is 0. The summed E-state index contributed by atoms with van der Waals surface area (Å²) < 4.78 is 69.1. The number of halogens is 6. The van der Waals surface area contributed by atoms with Crippen LogP contribution in [-0.4, -0.2) is 23.8 Å². The largest absolute Gasteiger partial charge is 0.488 e. The Bertz CT molecular complexity index is 166. The summed E-state index contributed by atoms with van der Waals surface area (Å²) in [6.45, 7) is 0. The summed E-state index contributed by atoms with van der Waals surface area (Å²) in [4.78, 5) is 3.01. The summed E-state index contributed by atoms with van der Waals surface area (Å²) in [7, 11) is 0. The highest BCUT2D eigenvalue weighted by Gasteiger charge is 2.69. The quantitative estimate of drug-likeness (QED) is 0.416. The second kappa shape index (κ2) is 2.01. The van der Waals surface area contributed by atoms with Crippen LogP contribution < -0.4 is 0 Å². The summed E-state index contributed by atoms with van der Waals surface area (Å²) >= 11 is 0. The molecule has 0 aromatic heterocycles. The highest BCUT2D eigenvalue weighted by molar-refractivity contribution is 4.76. The van der Waals surface area contributed by atoms with Crippen molar-refractivity contribution in [2.45, 2.75) is 18.7 Å². The standard InChI is InChI=1S/C3HF6NO/c4-1-2(5,6)10(11-1)3(7,8)9/h1H/t1-/m1/s1. The van der Waals surface area contributed by atoms with E-state index in [1.54, 1.807) is 0 Å². The average Bonchev–Trinajstić information content (AvgIpc) is 1.80. The Balaban J connectivity index is 2.67. The molecule has 8 heteroatoms. The molecule has 0 spiro atoms. The lowest BCUT2D eigenvalue weighted by Crippen LogP contribution is -2.66. The van der Waals surface area contributed by atoms with E-state index in [-0.39, 0.29) is 0 Å². The van der Waals surface area contributed by atoms with Crippen LogP contribution in [0.5, 0.6) is 0 Å². The highest BCUT2D eigenvalue weighted by Crippen LogP contribution is 2.44. The third kappa shape index (κ3) is 1.16. The fourth-order valence-corrected chi connectivity index (χ4v) is 0.498. The van der Waals surface area contributed by atoms with E-state index in [2.05, 4.69) is 4.84 Å².